The molecule has 0 aliphatic heterocycles. The van der Waals surface area contributed by atoms with Gasteiger partial charge in [0, 0.05) is 17.1 Å². The number of aromatic nitrogens is 1. The summed E-state index contributed by atoms with van der Waals surface area (Å²) in [6, 6.07) is 5.30. The summed E-state index contributed by atoms with van der Waals surface area (Å²) < 4.78 is 6.74. The molecule has 2 aromatic rings. The molecule has 1 aromatic heterocycles. The van der Waals surface area contributed by atoms with E-state index in [1.54, 1.807) is 24.4 Å². The van der Waals surface area contributed by atoms with Crippen LogP contribution >= 0.6 is 0 Å². The van der Waals surface area contributed by atoms with Gasteiger partial charge in [0.25, 0.3) is 0 Å². The lowest BCUT2D eigenvalue weighted by molar-refractivity contribution is -0.137. The first-order valence-corrected chi connectivity index (χ1v) is 5.43. The van der Waals surface area contributed by atoms with Crippen molar-refractivity contribution in [3.05, 3.63) is 30.0 Å². The number of Topliss-reactive ketones (excluding diaryl/α,β-unsaturated/α-hetero) is 1. The lowest BCUT2D eigenvalue weighted by Crippen LogP contribution is -2.08. The van der Waals surface area contributed by atoms with Crippen LogP contribution in [0.1, 0.15) is 17.3 Å². The van der Waals surface area contributed by atoms with Crippen LogP contribution in [0.25, 0.3) is 10.9 Å². The van der Waals surface area contributed by atoms with Crippen LogP contribution in [-0.4, -0.2) is 28.5 Å². The number of nitrogens with zero attached hydrogens (tertiary/aromatic N) is 1. The molecular weight excluding hydrogens is 234 g/mol. The summed E-state index contributed by atoms with van der Waals surface area (Å²) >= 11 is 0. The maximum absolute atomic E-state index is 11.6. The van der Waals surface area contributed by atoms with Gasteiger partial charge in [-0.15, -0.1) is 0 Å². The minimum absolute atomic E-state index is 0.0996. The number of carboxylic acid groups (broad SMARTS) is 1. The molecule has 0 saturated heterocycles. The van der Waals surface area contributed by atoms with Crippen molar-refractivity contribution in [2.24, 2.45) is 0 Å². The van der Waals surface area contributed by atoms with E-state index in [-0.39, 0.29) is 12.3 Å². The topological polar surface area (TPSA) is 68.5 Å². The van der Waals surface area contributed by atoms with E-state index in [0.29, 0.717) is 22.2 Å². The van der Waals surface area contributed by atoms with Gasteiger partial charge in [-0.05, 0) is 13.0 Å². The van der Waals surface area contributed by atoms with Gasteiger partial charge >= 0.3 is 5.97 Å². The number of benzene rings is 1. The largest absolute Gasteiger partial charge is 0.495 e. The molecule has 1 N–H and O–H groups in total. The van der Waals surface area contributed by atoms with Gasteiger partial charge < -0.3 is 14.4 Å². The number of rotatable bonds is 4. The van der Waals surface area contributed by atoms with E-state index in [1.165, 1.54) is 18.6 Å². The summed E-state index contributed by atoms with van der Waals surface area (Å²) in [5, 5.41) is 9.60. The van der Waals surface area contributed by atoms with Crippen molar-refractivity contribution in [3.8, 4) is 5.75 Å². The second-order valence-electron chi connectivity index (χ2n) is 3.98. The third-order valence-electron chi connectivity index (χ3n) is 2.77. The van der Waals surface area contributed by atoms with Gasteiger partial charge in [-0.25, -0.2) is 0 Å². The Bertz CT molecular complexity index is 627. The van der Waals surface area contributed by atoms with Crippen molar-refractivity contribution < 1.29 is 19.4 Å². The molecular formula is C13H13NO4. The minimum atomic E-state index is -0.965. The summed E-state index contributed by atoms with van der Waals surface area (Å²) in [7, 11) is 1.51. The Hall–Kier alpha value is -2.30. The van der Waals surface area contributed by atoms with Crippen LogP contribution in [0.2, 0.25) is 0 Å². The Balaban J connectivity index is 2.76. The highest BCUT2D eigenvalue weighted by molar-refractivity contribution is 6.08. The molecule has 0 aliphatic rings. The average Bonchev–Trinajstić information content (AvgIpc) is 2.67. The van der Waals surface area contributed by atoms with Gasteiger partial charge in [0.05, 0.1) is 12.6 Å². The average molecular weight is 247 g/mol. The zero-order chi connectivity index (χ0) is 13.3. The Labute approximate surface area is 104 Å². The van der Waals surface area contributed by atoms with E-state index in [0.717, 1.165) is 0 Å². The molecule has 2 rings (SSSR count). The van der Waals surface area contributed by atoms with Crippen molar-refractivity contribution in [1.82, 2.24) is 4.57 Å². The number of para-hydroxylation sites is 1. The fourth-order valence-electron chi connectivity index (χ4n) is 2.04. The number of aliphatic carboxylic acids is 1. The van der Waals surface area contributed by atoms with E-state index in [2.05, 4.69) is 0 Å². The number of ketones is 1. The first kappa shape index (κ1) is 12.2. The molecule has 18 heavy (non-hydrogen) atoms. The Morgan fingerprint density at radius 2 is 2.11 bits per heavy atom. The number of carboxylic acids is 1. The molecule has 0 amide bonds. The highest BCUT2D eigenvalue weighted by Gasteiger charge is 2.16. The van der Waals surface area contributed by atoms with Gasteiger partial charge in [0.15, 0.2) is 5.78 Å². The predicted molar refractivity (Wildman–Crippen MR) is 66.1 cm³/mol. The van der Waals surface area contributed by atoms with Gasteiger partial charge in [-0.2, -0.15) is 0 Å². The maximum atomic E-state index is 11.6. The lowest BCUT2D eigenvalue weighted by atomic mass is 10.1. The number of carbonyl (C=O) groups excluding carboxylic acids is 1. The molecule has 0 unspecified atom stereocenters. The van der Waals surface area contributed by atoms with Crippen molar-refractivity contribution in [1.29, 1.82) is 0 Å². The van der Waals surface area contributed by atoms with Gasteiger partial charge in [-0.3, -0.25) is 9.59 Å². The van der Waals surface area contributed by atoms with Crippen LogP contribution in [0.5, 0.6) is 5.75 Å². The molecule has 0 radical (unpaired) electrons. The van der Waals surface area contributed by atoms with Crippen molar-refractivity contribution in [2.45, 2.75) is 13.5 Å². The normalized spacial score (nSPS) is 10.6. The third-order valence-corrected chi connectivity index (χ3v) is 2.77. The molecule has 1 heterocycles. The molecule has 5 heteroatoms. The Morgan fingerprint density at radius 3 is 2.67 bits per heavy atom. The highest BCUT2D eigenvalue weighted by Crippen LogP contribution is 2.30. The summed E-state index contributed by atoms with van der Waals surface area (Å²) in [6.07, 6.45) is 1.56. The van der Waals surface area contributed by atoms with E-state index < -0.39 is 5.97 Å². The number of carbonyl (C=O) groups is 2. The standard InChI is InChI=1S/C13H13NO4/c1-8(15)10-6-14(7-12(16)17)13-9(10)4-3-5-11(13)18-2/h3-6H,7H2,1-2H3,(H,16,17). The van der Waals surface area contributed by atoms with E-state index in [1.807, 2.05) is 0 Å². The predicted octanol–water partition coefficient (Wildman–Crippen LogP) is 1.94. The Kier molecular flexibility index (Phi) is 3.06. The van der Waals surface area contributed by atoms with E-state index in [9.17, 15) is 9.59 Å². The maximum Gasteiger partial charge on any atom is 0.323 e. The second kappa shape index (κ2) is 4.52. The summed E-state index contributed by atoms with van der Waals surface area (Å²) in [5.41, 5.74) is 1.14. The van der Waals surface area contributed by atoms with Crippen LogP contribution in [0, 0.1) is 0 Å². The van der Waals surface area contributed by atoms with Gasteiger partial charge in [-0.1, -0.05) is 12.1 Å². The fraction of sp³-hybridized carbons (Fsp3) is 0.231. The molecule has 0 fully saturated rings. The molecule has 1 aromatic carbocycles. The molecule has 0 atom stereocenters. The van der Waals surface area contributed by atoms with Crippen LogP contribution in [0.3, 0.4) is 0 Å². The van der Waals surface area contributed by atoms with Gasteiger partial charge in [0.1, 0.15) is 12.3 Å². The van der Waals surface area contributed by atoms with Crippen molar-refractivity contribution >= 4 is 22.7 Å². The van der Waals surface area contributed by atoms with E-state index in [4.69, 9.17) is 9.84 Å². The van der Waals surface area contributed by atoms with Crippen LogP contribution in [-0.2, 0) is 11.3 Å². The summed E-state index contributed by atoms with van der Waals surface area (Å²) in [5.74, 6) is -0.508. The van der Waals surface area contributed by atoms with Crippen molar-refractivity contribution in [2.75, 3.05) is 7.11 Å². The van der Waals surface area contributed by atoms with Crippen LogP contribution in [0.4, 0.5) is 0 Å². The van der Waals surface area contributed by atoms with E-state index >= 15 is 0 Å². The van der Waals surface area contributed by atoms with Crippen LogP contribution < -0.4 is 4.74 Å². The first-order valence-electron chi connectivity index (χ1n) is 5.43. The fourth-order valence-corrected chi connectivity index (χ4v) is 2.04. The van der Waals surface area contributed by atoms with Crippen molar-refractivity contribution in [3.63, 3.8) is 0 Å². The Morgan fingerprint density at radius 1 is 1.39 bits per heavy atom. The molecule has 5 nitrogen and oxygen atoms in total. The highest BCUT2D eigenvalue weighted by atomic mass is 16.5. The quantitative estimate of drug-likeness (QED) is 0.838. The number of fused-ring (bicyclic) bond motifs is 1. The zero-order valence-corrected chi connectivity index (χ0v) is 10.1. The lowest BCUT2D eigenvalue weighted by Gasteiger charge is -2.06. The number of hydrogen-bond acceptors (Lipinski definition) is 3. The SMILES string of the molecule is COc1cccc2c(C(C)=O)cn(CC(=O)O)c12. The monoisotopic (exact) mass is 247 g/mol. The molecule has 0 spiro atoms. The van der Waals surface area contributed by atoms with Crippen LogP contribution in [0.15, 0.2) is 24.4 Å². The minimum Gasteiger partial charge on any atom is -0.495 e. The smallest absolute Gasteiger partial charge is 0.323 e. The number of ether oxygens (including phenoxy) is 1. The first-order chi connectivity index (χ1) is 8.54. The zero-order valence-electron chi connectivity index (χ0n) is 10.1. The van der Waals surface area contributed by atoms with Gasteiger partial charge in [0.2, 0.25) is 0 Å². The number of hydrogen-bond donors (Lipinski definition) is 1. The molecule has 0 bridgehead atoms. The molecule has 0 aliphatic carbocycles. The second-order valence-corrected chi connectivity index (χ2v) is 3.98. The summed E-state index contributed by atoms with van der Waals surface area (Å²) in [4.78, 5) is 22.4. The molecule has 0 saturated carbocycles. The number of methoxy groups -OCH3 is 1. The third kappa shape index (κ3) is 1.95. The summed E-state index contributed by atoms with van der Waals surface area (Å²) in [6.45, 7) is 1.25. The molecule has 94 valence electrons.